The Morgan fingerprint density at radius 3 is 3.16 bits per heavy atom. The van der Waals surface area contributed by atoms with Crippen molar-refractivity contribution in [3.05, 3.63) is 28.2 Å². The SMILES string of the molecule is CCOC(C)CNC1CCCOc2cc(Br)ccc21. The van der Waals surface area contributed by atoms with Gasteiger partial charge < -0.3 is 14.8 Å². The van der Waals surface area contributed by atoms with E-state index in [-0.39, 0.29) is 6.10 Å². The van der Waals surface area contributed by atoms with Crippen LogP contribution in [0.4, 0.5) is 0 Å². The third-order valence-electron chi connectivity index (χ3n) is 3.35. The van der Waals surface area contributed by atoms with Crippen LogP contribution in [0.15, 0.2) is 22.7 Å². The van der Waals surface area contributed by atoms with Crippen LogP contribution in [0.25, 0.3) is 0 Å². The molecule has 0 spiro atoms. The summed E-state index contributed by atoms with van der Waals surface area (Å²) in [5.41, 5.74) is 1.25. The number of hydrogen-bond donors (Lipinski definition) is 1. The highest BCUT2D eigenvalue weighted by Crippen LogP contribution is 2.33. The highest BCUT2D eigenvalue weighted by Gasteiger charge is 2.20. The van der Waals surface area contributed by atoms with Crippen LogP contribution in [-0.4, -0.2) is 25.9 Å². The number of nitrogens with one attached hydrogen (secondary N) is 1. The molecule has 1 heterocycles. The fourth-order valence-electron chi connectivity index (χ4n) is 2.41. The minimum Gasteiger partial charge on any atom is -0.493 e. The van der Waals surface area contributed by atoms with E-state index in [4.69, 9.17) is 9.47 Å². The molecule has 1 aliphatic rings. The average molecular weight is 328 g/mol. The summed E-state index contributed by atoms with van der Waals surface area (Å²) in [4.78, 5) is 0. The Balaban J connectivity index is 2.05. The monoisotopic (exact) mass is 327 g/mol. The van der Waals surface area contributed by atoms with E-state index in [0.29, 0.717) is 6.04 Å². The molecule has 0 amide bonds. The topological polar surface area (TPSA) is 30.5 Å². The lowest BCUT2D eigenvalue weighted by molar-refractivity contribution is 0.0737. The first-order valence-electron chi connectivity index (χ1n) is 6.98. The summed E-state index contributed by atoms with van der Waals surface area (Å²) in [7, 11) is 0. The molecule has 0 aromatic heterocycles. The standard InChI is InChI=1S/C15H22BrNO2/c1-3-18-11(2)10-17-14-5-4-8-19-15-9-12(16)6-7-13(14)15/h6-7,9,11,14,17H,3-5,8,10H2,1-2H3. The maximum absolute atomic E-state index is 5.81. The largest absolute Gasteiger partial charge is 0.493 e. The van der Waals surface area contributed by atoms with Crippen LogP contribution >= 0.6 is 15.9 Å². The molecule has 19 heavy (non-hydrogen) atoms. The van der Waals surface area contributed by atoms with Crippen LogP contribution in [0.2, 0.25) is 0 Å². The summed E-state index contributed by atoms with van der Waals surface area (Å²) in [6.45, 7) is 6.56. The van der Waals surface area contributed by atoms with Crippen LogP contribution < -0.4 is 10.1 Å². The predicted molar refractivity (Wildman–Crippen MR) is 80.7 cm³/mol. The third kappa shape index (κ3) is 4.20. The van der Waals surface area contributed by atoms with Gasteiger partial charge in [-0.1, -0.05) is 22.0 Å². The smallest absolute Gasteiger partial charge is 0.125 e. The van der Waals surface area contributed by atoms with Crippen molar-refractivity contribution in [3.8, 4) is 5.75 Å². The maximum Gasteiger partial charge on any atom is 0.125 e. The summed E-state index contributed by atoms with van der Waals surface area (Å²) < 4.78 is 12.4. The van der Waals surface area contributed by atoms with Gasteiger partial charge in [-0.25, -0.2) is 0 Å². The number of ether oxygens (including phenoxy) is 2. The highest BCUT2D eigenvalue weighted by molar-refractivity contribution is 9.10. The molecule has 2 unspecified atom stereocenters. The van der Waals surface area contributed by atoms with Crippen LogP contribution in [0.1, 0.15) is 38.3 Å². The number of fused-ring (bicyclic) bond motifs is 1. The van der Waals surface area contributed by atoms with Crippen molar-refractivity contribution in [2.45, 2.75) is 38.8 Å². The predicted octanol–water partition coefficient (Wildman–Crippen LogP) is 3.68. The Hall–Kier alpha value is -0.580. The molecular formula is C15H22BrNO2. The lowest BCUT2D eigenvalue weighted by Gasteiger charge is -2.21. The zero-order valence-electron chi connectivity index (χ0n) is 11.6. The minimum absolute atomic E-state index is 0.244. The summed E-state index contributed by atoms with van der Waals surface area (Å²) in [5, 5.41) is 3.60. The van der Waals surface area contributed by atoms with E-state index >= 15 is 0 Å². The van der Waals surface area contributed by atoms with Crippen molar-refractivity contribution in [1.29, 1.82) is 0 Å². The molecule has 1 aromatic carbocycles. The van der Waals surface area contributed by atoms with Gasteiger partial charge >= 0.3 is 0 Å². The zero-order chi connectivity index (χ0) is 13.7. The Morgan fingerprint density at radius 1 is 1.53 bits per heavy atom. The van der Waals surface area contributed by atoms with Gasteiger partial charge in [-0.2, -0.15) is 0 Å². The first-order valence-corrected chi connectivity index (χ1v) is 7.77. The van der Waals surface area contributed by atoms with Crippen molar-refractivity contribution >= 4 is 15.9 Å². The van der Waals surface area contributed by atoms with E-state index in [9.17, 15) is 0 Å². The molecule has 0 radical (unpaired) electrons. The second-order valence-corrected chi connectivity index (χ2v) is 5.82. The lowest BCUT2D eigenvalue weighted by atomic mass is 10.0. The van der Waals surface area contributed by atoms with Gasteiger partial charge in [-0.05, 0) is 38.8 Å². The Bertz CT molecular complexity index is 411. The van der Waals surface area contributed by atoms with Gasteiger partial charge in [0.1, 0.15) is 5.75 Å². The second kappa shape index (κ2) is 7.27. The fraction of sp³-hybridized carbons (Fsp3) is 0.600. The van der Waals surface area contributed by atoms with Crippen LogP contribution in [0.5, 0.6) is 5.75 Å². The average Bonchev–Trinajstić information content (AvgIpc) is 2.58. The molecule has 3 nitrogen and oxygen atoms in total. The first-order chi connectivity index (χ1) is 9.20. The van der Waals surface area contributed by atoms with Gasteiger partial charge in [0.25, 0.3) is 0 Å². The molecule has 0 bridgehead atoms. The van der Waals surface area contributed by atoms with E-state index in [1.165, 1.54) is 5.56 Å². The molecule has 1 N–H and O–H groups in total. The number of benzene rings is 1. The molecule has 2 rings (SSSR count). The van der Waals surface area contributed by atoms with Gasteiger partial charge in [-0.3, -0.25) is 0 Å². The molecular weight excluding hydrogens is 306 g/mol. The van der Waals surface area contributed by atoms with E-state index in [1.807, 2.05) is 6.92 Å². The summed E-state index contributed by atoms with van der Waals surface area (Å²) in [6, 6.07) is 6.64. The molecule has 0 saturated carbocycles. The van der Waals surface area contributed by atoms with E-state index in [1.54, 1.807) is 0 Å². The number of hydrogen-bond acceptors (Lipinski definition) is 3. The van der Waals surface area contributed by atoms with Crippen molar-refractivity contribution in [3.63, 3.8) is 0 Å². The molecule has 4 heteroatoms. The van der Waals surface area contributed by atoms with Crippen molar-refractivity contribution in [2.75, 3.05) is 19.8 Å². The van der Waals surface area contributed by atoms with Gasteiger partial charge in [0, 0.05) is 29.2 Å². The quantitative estimate of drug-likeness (QED) is 0.894. The maximum atomic E-state index is 5.81. The Morgan fingerprint density at radius 2 is 2.37 bits per heavy atom. The summed E-state index contributed by atoms with van der Waals surface area (Å²) >= 11 is 3.50. The van der Waals surface area contributed by atoms with Crippen molar-refractivity contribution in [2.24, 2.45) is 0 Å². The van der Waals surface area contributed by atoms with E-state index in [0.717, 1.165) is 42.8 Å². The Kier molecular flexibility index (Phi) is 5.67. The molecule has 0 saturated heterocycles. The molecule has 2 atom stereocenters. The van der Waals surface area contributed by atoms with Gasteiger partial charge in [-0.15, -0.1) is 0 Å². The number of halogens is 1. The lowest BCUT2D eigenvalue weighted by Crippen LogP contribution is -2.30. The minimum atomic E-state index is 0.244. The molecule has 0 aliphatic carbocycles. The van der Waals surface area contributed by atoms with Crippen molar-refractivity contribution < 1.29 is 9.47 Å². The van der Waals surface area contributed by atoms with Crippen LogP contribution in [-0.2, 0) is 4.74 Å². The highest BCUT2D eigenvalue weighted by atomic mass is 79.9. The molecule has 0 fully saturated rings. The van der Waals surface area contributed by atoms with Crippen LogP contribution in [0, 0.1) is 0 Å². The van der Waals surface area contributed by atoms with Gasteiger partial charge in [0.15, 0.2) is 0 Å². The van der Waals surface area contributed by atoms with Gasteiger partial charge in [0.05, 0.1) is 12.7 Å². The fourth-order valence-corrected chi connectivity index (χ4v) is 2.75. The Labute approximate surface area is 123 Å². The van der Waals surface area contributed by atoms with E-state index in [2.05, 4.69) is 46.4 Å². The summed E-state index contributed by atoms with van der Waals surface area (Å²) in [5.74, 6) is 0.994. The van der Waals surface area contributed by atoms with Crippen molar-refractivity contribution in [1.82, 2.24) is 5.32 Å². The zero-order valence-corrected chi connectivity index (χ0v) is 13.2. The molecule has 1 aliphatic heterocycles. The van der Waals surface area contributed by atoms with Crippen LogP contribution in [0.3, 0.4) is 0 Å². The van der Waals surface area contributed by atoms with E-state index < -0.39 is 0 Å². The summed E-state index contributed by atoms with van der Waals surface area (Å²) in [6.07, 6.45) is 2.42. The molecule has 106 valence electrons. The third-order valence-corrected chi connectivity index (χ3v) is 3.84. The molecule has 1 aromatic rings. The second-order valence-electron chi connectivity index (χ2n) is 4.90. The first kappa shape index (κ1) is 14.8. The normalized spacial score (nSPS) is 20.3. The van der Waals surface area contributed by atoms with Gasteiger partial charge in [0.2, 0.25) is 0 Å². The number of rotatable bonds is 5.